The van der Waals surface area contributed by atoms with E-state index in [1.54, 1.807) is 36.4 Å². The number of esters is 1. The lowest BCUT2D eigenvalue weighted by Crippen LogP contribution is -2.24. The van der Waals surface area contributed by atoms with E-state index in [4.69, 9.17) is 14.2 Å². The first-order valence-corrected chi connectivity index (χ1v) is 11.7. The van der Waals surface area contributed by atoms with Gasteiger partial charge in [-0.05, 0) is 80.5 Å². The second kappa shape index (κ2) is 12.3. The number of carbonyl (C=O) groups is 2. The summed E-state index contributed by atoms with van der Waals surface area (Å²) in [7, 11) is 1.44. The van der Waals surface area contributed by atoms with Crippen LogP contribution in [-0.4, -0.2) is 36.7 Å². The number of rotatable bonds is 9. The normalized spacial score (nSPS) is 10.6. The predicted octanol–water partition coefficient (Wildman–Crippen LogP) is 4.72. The van der Waals surface area contributed by atoms with Crippen molar-refractivity contribution in [1.82, 2.24) is 5.43 Å². The molecule has 35 heavy (non-hydrogen) atoms. The van der Waals surface area contributed by atoms with Crippen LogP contribution in [0.5, 0.6) is 17.2 Å². The van der Waals surface area contributed by atoms with Gasteiger partial charge in [-0.1, -0.05) is 12.1 Å². The quantitative estimate of drug-likeness (QED) is 0.0884. The maximum absolute atomic E-state index is 12.5. The molecule has 0 aliphatic heterocycles. The van der Waals surface area contributed by atoms with Gasteiger partial charge < -0.3 is 14.2 Å². The number of ether oxygens (including phenoxy) is 3. The summed E-state index contributed by atoms with van der Waals surface area (Å²) in [6.45, 7) is -0.357. The summed E-state index contributed by atoms with van der Waals surface area (Å²) in [6.07, 6.45) is 1.38. The fraction of sp³-hybridized carbons (Fsp3) is 0.0870. The standard InChI is InChI=1S/C23H17BrIN3O7/c1-33-21-10-14(6-8-20(21)35-23(30)16-4-2-3-5-18(16)25)12-26-27-22(29)13-34-19-9-7-15(28(31)32)11-17(19)24/h2-12H,13H2,1H3,(H,27,29)/b26-12+. The number of nitrogens with one attached hydrogen (secondary N) is 1. The highest BCUT2D eigenvalue weighted by Crippen LogP contribution is 2.30. The summed E-state index contributed by atoms with van der Waals surface area (Å²) in [5.74, 6) is -0.232. The van der Waals surface area contributed by atoms with Gasteiger partial charge >= 0.3 is 5.97 Å². The minimum Gasteiger partial charge on any atom is -0.493 e. The van der Waals surface area contributed by atoms with Crippen LogP contribution in [0.3, 0.4) is 0 Å². The van der Waals surface area contributed by atoms with Crippen molar-refractivity contribution >= 4 is 62.3 Å². The molecule has 0 spiro atoms. The number of benzene rings is 3. The van der Waals surface area contributed by atoms with E-state index in [-0.39, 0.29) is 23.8 Å². The van der Waals surface area contributed by atoms with Gasteiger partial charge in [-0.25, -0.2) is 10.2 Å². The average molecular weight is 654 g/mol. The smallest absolute Gasteiger partial charge is 0.344 e. The first-order chi connectivity index (χ1) is 16.8. The van der Waals surface area contributed by atoms with Gasteiger partial charge in [-0.3, -0.25) is 14.9 Å². The van der Waals surface area contributed by atoms with Gasteiger partial charge in [0.25, 0.3) is 11.6 Å². The van der Waals surface area contributed by atoms with Gasteiger partial charge in [0.05, 0.1) is 28.3 Å². The minimum atomic E-state index is -0.540. The summed E-state index contributed by atoms with van der Waals surface area (Å²) in [6, 6.07) is 15.8. The van der Waals surface area contributed by atoms with E-state index < -0.39 is 16.8 Å². The van der Waals surface area contributed by atoms with Crippen molar-refractivity contribution in [3.8, 4) is 17.2 Å². The van der Waals surface area contributed by atoms with Crippen molar-refractivity contribution in [3.05, 3.63) is 89.9 Å². The number of hydrazone groups is 1. The zero-order valence-electron chi connectivity index (χ0n) is 18.1. The molecule has 3 aromatic carbocycles. The Morgan fingerprint density at radius 3 is 2.54 bits per heavy atom. The summed E-state index contributed by atoms with van der Waals surface area (Å²) >= 11 is 5.22. The van der Waals surface area contributed by atoms with E-state index >= 15 is 0 Å². The number of amides is 1. The molecule has 0 saturated carbocycles. The summed E-state index contributed by atoms with van der Waals surface area (Å²) in [4.78, 5) is 34.7. The van der Waals surface area contributed by atoms with Crippen molar-refractivity contribution < 1.29 is 28.7 Å². The van der Waals surface area contributed by atoms with Gasteiger partial charge in [0.15, 0.2) is 18.1 Å². The molecule has 0 bridgehead atoms. The number of nitrogens with zero attached hydrogens (tertiary/aromatic N) is 2. The first kappa shape index (κ1) is 26.1. The Morgan fingerprint density at radius 1 is 1.11 bits per heavy atom. The Hall–Kier alpha value is -3.52. The van der Waals surface area contributed by atoms with Crippen molar-refractivity contribution in [2.24, 2.45) is 5.10 Å². The Morgan fingerprint density at radius 2 is 1.86 bits per heavy atom. The number of nitro benzene ring substituents is 1. The Labute approximate surface area is 221 Å². The number of nitro groups is 1. The van der Waals surface area contributed by atoms with Crippen LogP contribution >= 0.6 is 38.5 Å². The maximum Gasteiger partial charge on any atom is 0.344 e. The molecule has 10 nitrogen and oxygen atoms in total. The van der Waals surface area contributed by atoms with Crippen molar-refractivity contribution in [2.75, 3.05) is 13.7 Å². The molecule has 180 valence electrons. The molecule has 3 aromatic rings. The fourth-order valence-electron chi connectivity index (χ4n) is 2.71. The fourth-order valence-corrected chi connectivity index (χ4v) is 3.79. The van der Waals surface area contributed by atoms with Crippen LogP contribution in [0.2, 0.25) is 0 Å². The van der Waals surface area contributed by atoms with E-state index in [2.05, 4.69) is 49.0 Å². The zero-order valence-corrected chi connectivity index (χ0v) is 21.8. The second-order valence-electron chi connectivity index (χ2n) is 6.73. The Kier molecular flexibility index (Phi) is 9.14. The van der Waals surface area contributed by atoms with Crippen LogP contribution < -0.4 is 19.6 Å². The largest absolute Gasteiger partial charge is 0.493 e. The molecule has 0 unspecified atom stereocenters. The monoisotopic (exact) mass is 653 g/mol. The number of carbonyl (C=O) groups excluding carboxylic acids is 2. The SMILES string of the molecule is COc1cc(/C=N/NC(=O)COc2ccc([N+](=O)[O-])cc2Br)ccc1OC(=O)c1ccccc1I. The van der Waals surface area contributed by atoms with Crippen LogP contribution in [0.25, 0.3) is 0 Å². The minimum absolute atomic E-state index is 0.107. The highest BCUT2D eigenvalue weighted by Gasteiger charge is 2.15. The van der Waals surface area contributed by atoms with Crippen LogP contribution in [0.1, 0.15) is 15.9 Å². The molecule has 3 rings (SSSR count). The lowest BCUT2D eigenvalue weighted by molar-refractivity contribution is -0.384. The number of halogens is 2. The molecule has 1 N–H and O–H groups in total. The lowest BCUT2D eigenvalue weighted by atomic mass is 10.2. The number of methoxy groups -OCH3 is 1. The maximum atomic E-state index is 12.5. The number of hydrogen-bond donors (Lipinski definition) is 1. The van der Waals surface area contributed by atoms with Crippen LogP contribution in [0.4, 0.5) is 5.69 Å². The molecule has 12 heteroatoms. The van der Waals surface area contributed by atoms with E-state index in [0.29, 0.717) is 21.3 Å². The third-order valence-corrected chi connectivity index (χ3v) is 5.93. The van der Waals surface area contributed by atoms with E-state index in [0.717, 1.165) is 3.57 Å². The van der Waals surface area contributed by atoms with Crippen molar-refractivity contribution in [2.45, 2.75) is 0 Å². The highest BCUT2D eigenvalue weighted by molar-refractivity contribution is 14.1. The first-order valence-electron chi connectivity index (χ1n) is 9.82. The molecule has 1 amide bonds. The van der Waals surface area contributed by atoms with Crippen molar-refractivity contribution in [1.29, 1.82) is 0 Å². The average Bonchev–Trinajstić information content (AvgIpc) is 2.84. The van der Waals surface area contributed by atoms with Gasteiger partial charge in [-0.15, -0.1) is 0 Å². The molecule has 0 aliphatic carbocycles. The van der Waals surface area contributed by atoms with Gasteiger partial charge in [0.1, 0.15) is 5.75 Å². The van der Waals surface area contributed by atoms with E-state index in [1.165, 1.54) is 31.5 Å². The van der Waals surface area contributed by atoms with E-state index in [1.807, 2.05) is 6.07 Å². The van der Waals surface area contributed by atoms with Gasteiger partial charge in [-0.2, -0.15) is 5.10 Å². The van der Waals surface area contributed by atoms with Crippen LogP contribution in [0, 0.1) is 13.7 Å². The second-order valence-corrected chi connectivity index (χ2v) is 8.75. The van der Waals surface area contributed by atoms with Gasteiger partial charge in [0.2, 0.25) is 0 Å². The molecule has 0 atom stereocenters. The summed E-state index contributed by atoms with van der Waals surface area (Å²) in [5.41, 5.74) is 3.23. The topological polar surface area (TPSA) is 129 Å². The molecule has 0 radical (unpaired) electrons. The third kappa shape index (κ3) is 7.23. The molecule has 0 aliphatic rings. The van der Waals surface area contributed by atoms with Crippen LogP contribution in [0.15, 0.2) is 70.2 Å². The predicted molar refractivity (Wildman–Crippen MR) is 139 cm³/mol. The molecular weight excluding hydrogens is 637 g/mol. The van der Waals surface area contributed by atoms with Gasteiger partial charge in [0, 0.05) is 15.7 Å². The molecule has 0 heterocycles. The Bertz CT molecular complexity index is 1300. The third-order valence-electron chi connectivity index (χ3n) is 4.37. The Balaban J connectivity index is 1.57. The van der Waals surface area contributed by atoms with Crippen LogP contribution in [-0.2, 0) is 4.79 Å². The summed E-state index contributed by atoms with van der Waals surface area (Å²) in [5, 5.41) is 14.6. The number of hydrogen-bond acceptors (Lipinski definition) is 8. The molecule has 0 fully saturated rings. The molecule has 0 aromatic heterocycles. The molecule has 0 saturated heterocycles. The highest BCUT2D eigenvalue weighted by atomic mass is 127. The summed E-state index contributed by atoms with van der Waals surface area (Å²) < 4.78 is 17.2. The number of non-ortho nitro benzene ring substituents is 1. The zero-order chi connectivity index (χ0) is 25.4. The van der Waals surface area contributed by atoms with E-state index in [9.17, 15) is 19.7 Å². The molecular formula is C23H17BrIN3O7. The lowest BCUT2D eigenvalue weighted by Gasteiger charge is -2.10. The van der Waals surface area contributed by atoms with Crippen molar-refractivity contribution in [3.63, 3.8) is 0 Å².